The van der Waals surface area contributed by atoms with Gasteiger partial charge in [-0.15, -0.1) is 0 Å². The lowest BCUT2D eigenvalue weighted by atomic mass is 10.2. The summed E-state index contributed by atoms with van der Waals surface area (Å²) in [6.45, 7) is 3.96. The first kappa shape index (κ1) is 15.8. The molecule has 3 rings (SSSR count). The van der Waals surface area contributed by atoms with E-state index in [1.807, 2.05) is 32.0 Å². The highest BCUT2D eigenvalue weighted by Crippen LogP contribution is 2.17. The summed E-state index contributed by atoms with van der Waals surface area (Å²) in [5.74, 6) is 1.13. The molecule has 0 saturated carbocycles. The second-order valence-electron chi connectivity index (χ2n) is 5.24. The third-order valence-electron chi connectivity index (χ3n) is 3.32. The fourth-order valence-electron chi connectivity index (χ4n) is 2.19. The number of nitrogens with one attached hydrogen (secondary N) is 1. The maximum Gasteiger partial charge on any atom is 0.246 e. The van der Waals surface area contributed by atoms with E-state index in [1.54, 1.807) is 10.9 Å². The average Bonchev–Trinajstić information content (AvgIpc) is 3.19. The van der Waals surface area contributed by atoms with Gasteiger partial charge in [0.25, 0.3) is 0 Å². The van der Waals surface area contributed by atoms with Crippen molar-refractivity contribution >= 4 is 5.91 Å². The predicted molar refractivity (Wildman–Crippen MR) is 85.0 cm³/mol. The van der Waals surface area contributed by atoms with Crippen molar-refractivity contribution in [3.63, 3.8) is 0 Å². The minimum absolute atomic E-state index is 0.0846. The molecule has 0 aromatic carbocycles. The lowest BCUT2D eigenvalue weighted by Crippen LogP contribution is -2.29. The molecule has 1 amide bonds. The molecule has 3 N–H and O–H groups in total. The van der Waals surface area contributed by atoms with Crippen molar-refractivity contribution in [3.05, 3.63) is 41.7 Å². The Bertz CT molecular complexity index is 851. The van der Waals surface area contributed by atoms with Crippen molar-refractivity contribution in [1.82, 2.24) is 30.2 Å². The molecule has 0 bridgehead atoms. The molecule has 0 aliphatic heterocycles. The normalized spacial score (nSPS) is 10.8. The van der Waals surface area contributed by atoms with Crippen LogP contribution in [0.4, 0.5) is 0 Å². The minimum atomic E-state index is -0.286. The van der Waals surface area contributed by atoms with Gasteiger partial charge in [-0.25, -0.2) is 9.67 Å². The van der Waals surface area contributed by atoms with Gasteiger partial charge in [-0.1, -0.05) is 5.16 Å². The van der Waals surface area contributed by atoms with Crippen molar-refractivity contribution in [2.75, 3.05) is 6.54 Å². The molecule has 3 aromatic heterocycles. The largest absolute Gasteiger partial charge is 0.346 e. The third-order valence-corrected chi connectivity index (χ3v) is 3.32. The second kappa shape index (κ2) is 6.59. The van der Waals surface area contributed by atoms with Crippen LogP contribution in [0.1, 0.15) is 17.3 Å². The molecule has 24 heavy (non-hydrogen) atoms. The Labute approximate surface area is 137 Å². The number of hydrogen-bond acceptors (Lipinski definition) is 7. The molecule has 3 aromatic rings. The van der Waals surface area contributed by atoms with Crippen LogP contribution in [0, 0.1) is 13.8 Å². The summed E-state index contributed by atoms with van der Waals surface area (Å²) >= 11 is 0. The average molecular weight is 327 g/mol. The Balaban J connectivity index is 1.75. The van der Waals surface area contributed by atoms with Crippen LogP contribution < -0.4 is 11.1 Å². The van der Waals surface area contributed by atoms with Gasteiger partial charge in [0.2, 0.25) is 17.6 Å². The van der Waals surface area contributed by atoms with Gasteiger partial charge in [0, 0.05) is 17.5 Å². The molecule has 9 heteroatoms. The molecule has 0 unspecified atom stereocenters. The first-order chi connectivity index (χ1) is 11.6. The second-order valence-corrected chi connectivity index (χ2v) is 5.24. The summed E-state index contributed by atoms with van der Waals surface area (Å²) in [4.78, 5) is 19.7. The summed E-state index contributed by atoms with van der Waals surface area (Å²) in [6.07, 6.45) is 1.65. The van der Waals surface area contributed by atoms with Crippen LogP contribution in [-0.2, 0) is 11.3 Å². The van der Waals surface area contributed by atoms with Gasteiger partial charge < -0.3 is 15.6 Å². The highest BCUT2D eigenvalue weighted by molar-refractivity contribution is 5.77. The monoisotopic (exact) mass is 327 g/mol. The topological polar surface area (TPSA) is 125 Å². The van der Waals surface area contributed by atoms with E-state index >= 15 is 0 Å². The minimum Gasteiger partial charge on any atom is -0.346 e. The Morgan fingerprint density at radius 1 is 1.38 bits per heavy atom. The molecule has 0 atom stereocenters. The van der Waals surface area contributed by atoms with E-state index in [2.05, 4.69) is 25.5 Å². The number of pyridine rings is 1. The predicted octanol–water partition coefficient (Wildman–Crippen LogP) is 0.509. The Kier molecular flexibility index (Phi) is 4.34. The van der Waals surface area contributed by atoms with Crippen LogP contribution in [-0.4, -0.2) is 37.4 Å². The molecule has 124 valence electrons. The maximum atomic E-state index is 11.1. The zero-order valence-electron chi connectivity index (χ0n) is 13.4. The lowest BCUT2D eigenvalue weighted by Gasteiger charge is -2.03. The first-order valence-corrected chi connectivity index (χ1v) is 7.36. The molecule has 0 radical (unpaired) electrons. The van der Waals surface area contributed by atoms with Crippen molar-refractivity contribution in [3.8, 4) is 17.2 Å². The van der Waals surface area contributed by atoms with E-state index in [9.17, 15) is 4.79 Å². The SMILES string of the molecule is Cc1cc(C)n(-c2ccc(-c3noc(CNC(=O)CN)n3)cn2)n1. The Morgan fingerprint density at radius 3 is 2.83 bits per heavy atom. The molecular formula is C15H17N7O2. The summed E-state index contributed by atoms with van der Waals surface area (Å²) in [7, 11) is 0. The molecule has 0 aliphatic rings. The Morgan fingerprint density at radius 2 is 2.21 bits per heavy atom. The number of carbonyl (C=O) groups excluding carboxylic acids is 1. The van der Waals surface area contributed by atoms with Crippen LogP contribution in [0.15, 0.2) is 28.9 Å². The van der Waals surface area contributed by atoms with E-state index in [4.69, 9.17) is 10.3 Å². The number of nitrogens with two attached hydrogens (primary N) is 1. The van der Waals surface area contributed by atoms with Crippen LogP contribution in [0.5, 0.6) is 0 Å². The van der Waals surface area contributed by atoms with Crippen LogP contribution in [0.25, 0.3) is 17.2 Å². The van der Waals surface area contributed by atoms with E-state index in [0.717, 1.165) is 11.4 Å². The van der Waals surface area contributed by atoms with Gasteiger partial charge in [0.05, 0.1) is 18.8 Å². The fraction of sp³-hybridized carbons (Fsp3) is 0.267. The number of rotatable bonds is 5. The number of aromatic nitrogens is 5. The maximum absolute atomic E-state index is 11.1. The fourth-order valence-corrected chi connectivity index (χ4v) is 2.19. The standard InChI is InChI=1S/C15H17N7O2/c1-9-5-10(2)22(20-9)12-4-3-11(7-17-12)15-19-14(24-21-15)8-18-13(23)6-16/h3-5,7H,6,8,16H2,1-2H3,(H,18,23). The number of nitrogens with zero attached hydrogens (tertiary/aromatic N) is 5. The van der Waals surface area contributed by atoms with Crippen LogP contribution >= 0.6 is 0 Å². The summed E-state index contributed by atoms with van der Waals surface area (Å²) in [5.41, 5.74) is 7.86. The third kappa shape index (κ3) is 3.30. The first-order valence-electron chi connectivity index (χ1n) is 7.36. The van der Waals surface area contributed by atoms with Gasteiger partial charge >= 0.3 is 0 Å². The number of amides is 1. The van der Waals surface area contributed by atoms with Gasteiger partial charge in [-0.3, -0.25) is 4.79 Å². The van der Waals surface area contributed by atoms with E-state index in [-0.39, 0.29) is 19.0 Å². The zero-order chi connectivity index (χ0) is 17.1. The molecule has 9 nitrogen and oxygen atoms in total. The zero-order valence-corrected chi connectivity index (χ0v) is 13.4. The number of aryl methyl sites for hydroxylation is 2. The van der Waals surface area contributed by atoms with Gasteiger partial charge in [0.15, 0.2) is 5.82 Å². The Hall–Kier alpha value is -3.07. The summed E-state index contributed by atoms with van der Waals surface area (Å²) < 4.78 is 6.86. The van der Waals surface area contributed by atoms with E-state index in [1.165, 1.54) is 0 Å². The number of carbonyl (C=O) groups is 1. The van der Waals surface area contributed by atoms with Gasteiger partial charge in [-0.2, -0.15) is 10.1 Å². The van der Waals surface area contributed by atoms with Crippen molar-refractivity contribution in [2.24, 2.45) is 5.73 Å². The lowest BCUT2D eigenvalue weighted by molar-refractivity contribution is -0.120. The quantitative estimate of drug-likeness (QED) is 0.699. The smallest absolute Gasteiger partial charge is 0.246 e. The van der Waals surface area contributed by atoms with Crippen LogP contribution in [0.2, 0.25) is 0 Å². The van der Waals surface area contributed by atoms with Crippen LogP contribution in [0.3, 0.4) is 0 Å². The molecule has 0 fully saturated rings. The highest BCUT2D eigenvalue weighted by atomic mass is 16.5. The molecule has 3 heterocycles. The van der Waals surface area contributed by atoms with Gasteiger partial charge in [-0.05, 0) is 32.0 Å². The molecule has 0 spiro atoms. The number of hydrogen-bond donors (Lipinski definition) is 2. The van der Waals surface area contributed by atoms with E-state index < -0.39 is 0 Å². The van der Waals surface area contributed by atoms with Crippen molar-refractivity contribution < 1.29 is 9.32 Å². The molecule has 0 aliphatic carbocycles. The van der Waals surface area contributed by atoms with Crippen molar-refractivity contribution in [2.45, 2.75) is 20.4 Å². The molecule has 0 saturated heterocycles. The summed E-state index contributed by atoms with van der Waals surface area (Å²) in [6, 6.07) is 5.66. The summed E-state index contributed by atoms with van der Waals surface area (Å²) in [5, 5.41) is 10.8. The van der Waals surface area contributed by atoms with E-state index in [0.29, 0.717) is 23.1 Å². The van der Waals surface area contributed by atoms with Gasteiger partial charge in [0.1, 0.15) is 0 Å². The molecular weight excluding hydrogens is 310 g/mol. The van der Waals surface area contributed by atoms with Crippen molar-refractivity contribution in [1.29, 1.82) is 0 Å². The highest BCUT2D eigenvalue weighted by Gasteiger charge is 2.11.